The van der Waals surface area contributed by atoms with Gasteiger partial charge in [0.2, 0.25) is 0 Å². The Balaban J connectivity index is 2.06. The molecule has 2 fully saturated rings. The largest absolute Gasteiger partial charge is 0.373 e. The van der Waals surface area contributed by atoms with Crippen molar-refractivity contribution < 1.29 is 4.74 Å². The molecule has 1 saturated carbocycles. The molecule has 1 N–H and O–H groups in total. The highest BCUT2D eigenvalue weighted by atomic mass is 16.5. The molecule has 1 aliphatic carbocycles. The summed E-state index contributed by atoms with van der Waals surface area (Å²) >= 11 is 0. The second kappa shape index (κ2) is 3.97. The normalized spacial score (nSPS) is 40.8. The van der Waals surface area contributed by atoms with Crippen LogP contribution >= 0.6 is 0 Å². The van der Waals surface area contributed by atoms with Gasteiger partial charge in [0, 0.05) is 12.6 Å². The second-order valence-electron chi connectivity index (χ2n) is 4.46. The molecule has 0 aromatic heterocycles. The number of likely N-dealkylation sites (N-methyl/N-ethyl adjacent to an activating group) is 1. The predicted molar refractivity (Wildman–Crippen MR) is 53.8 cm³/mol. The lowest BCUT2D eigenvalue weighted by molar-refractivity contribution is -0.117. The SMILES string of the molecule is CNC1CCCCC12CCCCO2. The summed E-state index contributed by atoms with van der Waals surface area (Å²) < 4.78 is 6.05. The predicted octanol–water partition coefficient (Wildman–Crippen LogP) is 2.09. The summed E-state index contributed by atoms with van der Waals surface area (Å²) in [6.07, 6.45) is 9.21. The Bertz CT molecular complexity index is 155. The molecule has 2 atom stereocenters. The molecule has 2 heteroatoms. The van der Waals surface area contributed by atoms with Crippen LogP contribution < -0.4 is 5.32 Å². The van der Waals surface area contributed by atoms with Crippen LogP contribution in [0.5, 0.6) is 0 Å². The molecule has 1 aliphatic heterocycles. The van der Waals surface area contributed by atoms with Crippen LogP contribution in [0, 0.1) is 0 Å². The van der Waals surface area contributed by atoms with Crippen LogP contribution in [0.2, 0.25) is 0 Å². The van der Waals surface area contributed by atoms with E-state index in [9.17, 15) is 0 Å². The van der Waals surface area contributed by atoms with E-state index in [0.29, 0.717) is 6.04 Å². The average Bonchev–Trinajstić information content (AvgIpc) is 2.20. The van der Waals surface area contributed by atoms with Gasteiger partial charge in [-0.1, -0.05) is 12.8 Å². The maximum atomic E-state index is 6.05. The van der Waals surface area contributed by atoms with E-state index in [0.717, 1.165) is 6.61 Å². The minimum absolute atomic E-state index is 0.214. The smallest absolute Gasteiger partial charge is 0.0834 e. The van der Waals surface area contributed by atoms with E-state index in [1.165, 1.54) is 44.9 Å². The Morgan fingerprint density at radius 1 is 1.15 bits per heavy atom. The molecule has 0 bridgehead atoms. The van der Waals surface area contributed by atoms with Crippen molar-refractivity contribution in [2.75, 3.05) is 13.7 Å². The summed E-state index contributed by atoms with van der Waals surface area (Å²) in [5, 5.41) is 3.44. The molecule has 0 aromatic carbocycles. The molecule has 2 unspecified atom stereocenters. The molecule has 2 aliphatic rings. The average molecular weight is 183 g/mol. The Kier molecular flexibility index (Phi) is 2.89. The minimum Gasteiger partial charge on any atom is -0.373 e. The fraction of sp³-hybridized carbons (Fsp3) is 1.00. The topological polar surface area (TPSA) is 21.3 Å². The van der Waals surface area contributed by atoms with Gasteiger partial charge in [0.25, 0.3) is 0 Å². The van der Waals surface area contributed by atoms with E-state index in [4.69, 9.17) is 4.74 Å². The van der Waals surface area contributed by atoms with Crippen molar-refractivity contribution >= 4 is 0 Å². The van der Waals surface area contributed by atoms with Crippen molar-refractivity contribution in [3.8, 4) is 0 Å². The molecular formula is C11H21NO. The Morgan fingerprint density at radius 3 is 2.62 bits per heavy atom. The van der Waals surface area contributed by atoms with E-state index in [1.807, 2.05) is 0 Å². The van der Waals surface area contributed by atoms with E-state index in [2.05, 4.69) is 12.4 Å². The maximum Gasteiger partial charge on any atom is 0.0834 e. The first-order chi connectivity index (χ1) is 6.37. The summed E-state index contributed by atoms with van der Waals surface area (Å²) in [4.78, 5) is 0. The molecule has 0 radical (unpaired) electrons. The number of nitrogens with one attached hydrogen (secondary N) is 1. The van der Waals surface area contributed by atoms with Crippen LogP contribution in [0.25, 0.3) is 0 Å². The Morgan fingerprint density at radius 2 is 1.92 bits per heavy atom. The fourth-order valence-corrected chi connectivity index (χ4v) is 2.96. The van der Waals surface area contributed by atoms with Crippen molar-refractivity contribution in [2.24, 2.45) is 0 Å². The lowest BCUT2D eigenvalue weighted by atomic mass is 9.76. The van der Waals surface area contributed by atoms with Crippen molar-refractivity contribution in [3.63, 3.8) is 0 Å². The Labute approximate surface area is 81.0 Å². The number of hydrogen-bond donors (Lipinski definition) is 1. The van der Waals surface area contributed by atoms with Crippen LogP contribution in [0.3, 0.4) is 0 Å². The van der Waals surface area contributed by atoms with Crippen LogP contribution in [0.15, 0.2) is 0 Å². The fourth-order valence-electron chi connectivity index (χ4n) is 2.96. The highest BCUT2D eigenvalue weighted by Crippen LogP contribution is 2.38. The van der Waals surface area contributed by atoms with Gasteiger partial charge in [-0.15, -0.1) is 0 Å². The van der Waals surface area contributed by atoms with Gasteiger partial charge in [0.05, 0.1) is 5.60 Å². The second-order valence-corrected chi connectivity index (χ2v) is 4.46. The highest BCUT2D eigenvalue weighted by Gasteiger charge is 2.41. The molecule has 1 spiro atoms. The highest BCUT2D eigenvalue weighted by molar-refractivity contribution is 4.97. The van der Waals surface area contributed by atoms with Crippen LogP contribution in [0.4, 0.5) is 0 Å². The number of hydrogen-bond acceptors (Lipinski definition) is 2. The van der Waals surface area contributed by atoms with Gasteiger partial charge in [-0.3, -0.25) is 0 Å². The molecule has 76 valence electrons. The number of rotatable bonds is 1. The minimum atomic E-state index is 0.214. The van der Waals surface area contributed by atoms with Crippen LogP contribution in [-0.4, -0.2) is 25.3 Å². The zero-order chi connectivity index (χ0) is 9.15. The van der Waals surface area contributed by atoms with Gasteiger partial charge in [-0.05, 0) is 39.2 Å². The summed E-state index contributed by atoms with van der Waals surface area (Å²) in [6, 6.07) is 0.613. The molecular weight excluding hydrogens is 162 g/mol. The molecule has 1 heterocycles. The third-order valence-electron chi connectivity index (χ3n) is 3.71. The van der Waals surface area contributed by atoms with Crippen molar-refractivity contribution in [2.45, 2.75) is 56.6 Å². The molecule has 0 amide bonds. The third kappa shape index (κ3) is 1.75. The van der Waals surface area contributed by atoms with Crippen molar-refractivity contribution in [3.05, 3.63) is 0 Å². The quantitative estimate of drug-likeness (QED) is 0.672. The summed E-state index contributed by atoms with van der Waals surface area (Å²) in [5.41, 5.74) is 0.214. The summed E-state index contributed by atoms with van der Waals surface area (Å²) in [7, 11) is 2.08. The van der Waals surface area contributed by atoms with Gasteiger partial charge in [-0.2, -0.15) is 0 Å². The van der Waals surface area contributed by atoms with E-state index < -0.39 is 0 Å². The monoisotopic (exact) mass is 183 g/mol. The zero-order valence-corrected chi connectivity index (χ0v) is 8.64. The van der Waals surface area contributed by atoms with Gasteiger partial charge in [0.1, 0.15) is 0 Å². The van der Waals surface area contributed by atoms with Gasteiger partial charge in [-0.25, -0.2) is 0 Å². The molecule has 2 nitrogen and oxygen atoms in total. The summed E-state index contributed by atoms with van der Waals surface area (Å²) in [6.45, 7) is 0.984. The van der Waals surface area contributed by atoms with Gasteiger partial charge in [0.15, 0.2) is 0 Å². The molecule has 0 aromatic rings. The van der Waals surface area contributed by atoms with E-state index >= 15 is 0 Å². The lowest BCUT2D eigenvalue weighted by Gasteiger charge is -2.46. The molecule has 2 rings (SSSR count). The van der Waals surface area contributed by atoms with E-state index in [-0.39, 0.29) is 5.60 Å². The van der Waals surface area contributed by atoms with Gasteiger partial charge < -0.3 is 10.1 Å². The standard InChI is InChI=1S/C11H21NO/c1-12-10-6-2-3-7-11(10)8-4-5-9-13-11/h10,12H,2-9H2,1H3. The number of ether oxygens (including phenoxy) is 1. The third-order valence-corrected chi connectivity index (χ3v) is 3.71. The molecule has 1 saturated heterocycles. The van der Waals surface area contributed by atoms with Gasteiger partial charge >= 0.3 is 0 Å². The maximum absolute atomic E-state index is 6.05. The molecule has 13 heavy (non-hydrogen) atoms. The Hall–Kier alpha value is -0.0800. The van der Waals surface area contributed by atoms with Crippen LogP contribution in [-0.2, 0) is 4.74 Å². The first kappa shape index (κ1) is 9.47. The van der Waals surface area contributed by atoms with Crippen molar-refractivity contribution in [1.82, 2.24) is 5.32 Å². The first-order valence-corrected chi connectivity index (χ1v) is 5.69. The lowest BCUT2D eigenvalue weighted by Crippen LogP contribution is -2.54. The first-order valence-electron chi connectivity index (χ1n) is 5.69. The van der Waals surface area contributed by atoms with E-state index in [1.54, 1.807) is 0 Å². The van der Waals surface area contributed by atoms with Crippen LogP contribution in [0.1, 0.15) is 44.9 Å². The van der Waals surface area contributed by atoms with Crippen molar-refractivity contribution in [1.29, 1.82) is 0 Å². The summed E-state index contributed by atoms with van der Waals surface area (Å²) in [5.74, 6) is 0. The zero-order valence-electron chi connectivity index (χ0n) is 8.64.